The van der Waals surface area contributed by atoms with Crippen LogP contribution in [0.1, 0.15) is 37.8 Å². The van der Waals surface area contributed by atoms with Gasteiger partial charge in [-0.2, -0.15) is 0 Å². The average molecular weight is 221 g/mol. The molecule has 1 aromatic carbocycles. The topological polar surface area (TPSA) is 35.2 Å². The molecule has 0 atom stereocenters. The summed E-state index contributed by atoms with van der Waals surface area (Å²) in [5.74, 6) is 0.979. The van der Waals surface area contributed by atoms with Crippen molar-refractivity contribution in [3.8, 4) is 5.75 Å². The van der Waals surface area contributed by atoms with Gasteiger partial charge in [0.2, 0.25) is 0 Å². The Labute approximate surface area is 98.8 Å². The van der Waals surface area contributed by atoms with Gasteiger partial charge < -0.3 is 10.5 Å². The third-order valence-corrected chi connectivity index (χ3v) is 3.09. The maximum Gasteiger partial charge on any atom is 0.122 e. The Kier molecular flexibility index (Phi) is 4.36. The maximum atomic E-state index is 5.58. The number of aryl methyl sites for hydroxylation is 1. The van der Waals surface area contributed by atoms with E-state index < -0.39 is 0 Å². The van der Waals surface area contributed by atoms with Gasteiger partial charge in [0.05, 0.1) is 7.11 Å². The molecule has 0 fully saturated rings. The van der Waals surface area contributed by atoms with Gasteiger partial charge in [0, 0.05) is 0 Å². The van der Waals surface area contributed by atoms with Crippen LogP contribution in [0.3, 0.4) is 0 Å². The van der Waals surface area contributed by atoms with Crippen LogP contribution in [0.2, 0.25) is 0 Å². The molecule has 0 saturated heterocycles. The molecule has 16 heavy (non-hydrogen) atoms. The van der Waals surface area contributed by atoms with Crippen LogP contribution < -0.4 is 10.5 Å². The maximum absolute atomic E-state index is 5.58. The molecule has 0 unspecified atom stereocenters. The van der Waals surface area contributed by atoms with Crippen molar-refractivity contribution in [3.05, 3.63) is 29.3 Å². The Morgan fingerprint density at radius 1 is 1.31 bits per heavy atom. The number of ether oxygens (including phenoxy) is 1. The van der Waals surface area contributed by atoms with Crippen LogP contribution in [0.25, 0.3) is 0 Å². The molecule has 0 aliphatic rings. The molecule has 0 bridgehead atoms. The Hall–Kier alpha value is -1.02. The molecule has 0 spiro atoms. The lowest BCUT2D eigenvalue weighted by atomic mass is 9.79. The lowest BCUT2D eigenvalue weighted by molar-refractivity contribution is 0.382. The second kappa shape index (κ2) is 5.35. The van der Waals surface area contributed by atoms with Crippen molar-refractivity contribution in [2.75, 3.05) is 13.7 Å². The van der Waals surface area contributed by atoms with Gasteiger partial charge >= 0.3 is 0 Å². The highest BCUT2D eigenvalue weighted by Gasteiger charge is 2.23. The smallest absolute Gasteiger partial charge is 0.122 e. The molecular weight excluding hydrogens is 198 g/mol. The predicted octanol–water partition coefficient (Wildman–Crippen LogP) is 3.02. The van der Waals surface area contributed by atoms with Crippen LogP contribution in [0.15, 0.2) is 18.2 Å². The van der Waals surface area contributed by atoms with Crippen molar-refractivity contribution in [3.63, 3.8) is 0 Å². The van der Waals surface area contributed by atoms with E-state index >= 15 is 0 Å². The highest BCUT2D eigenvalue weighted by Crippen LogP contribution is 2.35. The van der Waals surface area contributed by atoms with E-state index in [0.717, 1.165) is 25.1 Å². The van der Waals surface area contributed by atoms with Crippen molar-refractivity contribution in [1.82, 2.24) is 0 Å². The summed E-state index contributed by atoms with van der Waals surface area (Å²) in [7, 11) is 1.73. The first-order valence-electron chi connectivity index (χ1n) is 5.86. The van der Waals surface area contributed by atoms with Crippen LogP contribution in [-0.4, -0.2) is 13.7 Å². The fourth-order valence-corrected chi connectivity index (χ4v) is 2.03. The van der Waals surface area contributed by atoms with E-state index in [0.29, 0.717) is 0 Å². The zero-order valence-electron chi connectivity index (χ0n) is 10.8. The molecule has 0 aliphatic carbocycles. The molecule has 0 radical (unpaired) electrons. The highest BCUT2D eigenvalue weighted by molar-refractivity contribution is 5.41. The predicted molar refractivity (Wildman–Crippen MR) is 69.0 cm³/mol. The summed E-state index contributed by atoms with van der Waals surface area (Å²) in [5.41, 5.74) is 8.26. The zero-order chi connectivity index (χ0) is 12.2. The molecule has 90 valence electrons. The minimum atomic E-state index is 0.122. The molecule has 2 nitrogen and oxygen atoms in total. The number of benzene rings is 1. The lowest BCUT2D eigenvalue weighted by Crippen LogP contribution is -2.20. The van der Waals surface area contributed by atoms with Gasteiger partial charge in [0.25, 0.3) is 0 Å². The van der Waals surface area contributed by atoms with Crippen molar-refractivity contribution >= 4 is 0 Å². The quantitative estimate of drug-likeness (QED) is 0.829. The zero-order valence-corrected chi connectivity index (χ0v) is 10.8. The van der Waals surface area contributed by atoms with Gasteiger partial charge in [-0.15, -0.1) is 0 Å². The third-order valence-electron chi connectivity index (χ3n) is 3.09. The van der Waals surface area contributed by atoms with Crippen LogP contribution in [-0.2, 0) is 5.41 Å². The van der Waals surface area contributed by atoms with E-state index in [1.165, 1.54) is 11.1 Å². The summed E-state index contributed by atoms with van der Waals surface area (Å²) >= 11 is 0. The van der Waals surface area contributed by atoms with E-state index in [1.807, 2.05) is 0 Å². The summed E-state index contributed by atoms with van der Waals surface area (Å²) in [5, 5.41) is 0. The SMILES string of the molecule is COc1ccc(C)cc1C(C)(C)CCCN. The standard InChI is InChI=1S/C14H23NO/c1-11-6-7-13(16-4)12(10-11)14(2,3)8-5-9-15/h6-7,10H,5,8-9,15H2,1-4H3. The molecule has 1 aromatic rings. The van der Waals surface area contributed by atoms with Crippen LogP contribution in [0.5, 0.6) is 5.75 Å². The second-order valence-corrected chi connectivity index (χ2v) is 4.98. The van der Waals surface area contributed by atoms with Crippen LogP contribution >= 0.6 is 0 Å². The number of methoxy groups -OCH3 is 1. The summed E-state index contributed by atoms with van der Waals surface area (Å²) in [6, 6.07) is 6.35. The number of rotatable bonds is 5. The number of hydrogen-bond acceptors (Lipinski definition) is 2. The van der Waals surface area contributed by atoms with E-state index in [9.17, 15) is 0 Å². The molecule has 0 heterocycles. The van der Waals surface area contributed by atoms with E-state index in [4.69, 9.17) is 10.5 Å². The molecule has 2 N–H and O–H groups in total. The second-order valence-electron chi connectivity index (χ2n) is 4.98. The minimum Gasteiger partial charge on any atom is -0.496 e. The van der Waals surface area contributed by atoms with Crippen LogP contribution in [0.4, 0.5) is 0 Å². The molecule has 0 aliphatic heterocycles. The lowest BCUT2D eigenvalue weighted by Gasteiger charge is -2.27. The number of nitrogens with two attached hydrogens (primary N) is 1. The van der Waals surface area contributed by atoms with Crippen molar-refractivity contribution in [2.45, 2.75) is 39.0 Å². The van der Waals surface area contributed by atoms with Crippen molar-refractivity contribution in [1.29, 1.82) is 0 Å². The monoisotopic (exact) mass is 221 g/mol. The first-order valence-corrected chi connectivity index (χ1v) is 5.86. The molecule has 0 amide bonds. The third kappa shape index (κ3) is 2.99. The Bertz CT molecular complexity index is 345. The Morgan fingerprint density at radius 2 is 2.00 bits per heavy atom. The fraction of sp³-hybridized carbons (Fsp3) is 0.571. The van der Waals surface area contributed by atoms with Gasteiger partial charge in [0.1, 0.15) is 5.75 Å². The summed E-state index contributed by atoms with van der Waals surface area (Å²) in [6.07, 6.45) is 2.13. The molecular formula is C14H23NO. The van der Waals surface area contributed by atoms with E-state index in [-0.39, 0.29) is 5.41 Å². The molecule has 2 heteroatoms. The summed E-state index contributed by atoms with van der Waals surface area (Å²) < 4.78 is 5.44. The average Bonchev–Trinajstić information content (AvgIpc) is 2.26. The minimum absolute atomic E-state index is 0.122. The Balaban J connectivity index is 3.04. The van der Waals surface area contributed by atoms with Crippen molar-refractivity contribution < 1.29 is 4.74 Å². The summed E-state index contributed by atoms with van der Waals surface area (Å²) in [6.45, 7) is 7.36. The van der Waals surface area contributed by atoms with Gasteiger partial charge in [-0.25, -0.2) is 0 Å². The first kappa shape index (κ1) is 13.0. The van der Waals surface area contributed by atoms with Crippen molar-refractivity contribution in [2.24, 2.45) is 5.73 Å². The van der Waals surface area contributed by atoms with E-state index in [2.05, 4.69) is 39.0 Å². The van der Waals surface area contributed by atoms with E-state index in [1.54, 1.807) is 7.11 Å². The van der Waals surface area contributed by atoms with Gasteiger partial charge in [-0.1, -0.05) is 31.5 Å². The molecule has 0 aromatic heterocycles. The Morgan fingerprint density at radius 3 is 2.56 bits per heavy atom. The first-order chi connectivity index (χ1) is 7.51. The largest absolute Gasteiger partial charge is 0.496 e. The molecule has 0 saturated carbocycles. The van der Waals surface area contributed by atoms with Gasteiger partial charge in [0.15, 0.2) is 0 Å². The normalized spacial score (nSPS) is 11.6. The fourth-order valence-electron chi connectivity index (χ4n) is 2.03. The van der Waals surface area contributed by atoms with Gasteiger partial charge in [-0.05, 0) is 43.4 Å². The van der Waals surface area contributed by atoms with Gasteiger partial charge in [-0.3, -0.25) is 0 Å². The highest BCUT2D eigenvalue weighted by atomic mass is 16.5. The number of hydrogen-bond donors (Lipinski definition) is 1. The summed E-state index contributed by atoms with van der Waals surface area (Å²) in [4.78, 5) is 0. The van der Waals surface area contributed by atoms with Crippen LogP contribution in [0, 0.1) is 6.92 Å². The molecule has 1 rings (SSSR count).